The summed E-state index contributed by atoms with van der Waals surface area (Å²) in [5.74, 6) is -0.239. The van der Waals surface area contributed by atoms with Crippen LogP contribution in [0, 0.1) is 10.8 Å². The molecule has 158 valence electrons. The molecule has 2 nitrogen and oxygen atoms in total. The van der Waals surface area contributed by atoms with Gasteiger partial charge in [-0.2, -0.15) is 0 Å². The Morgan fingerprint density at radius 2 is 1.15 bits per heavy atom. The van der Waals surface area contributed by atoms with Crippen molar-refractivity contribution < 1.29 is 9.90 Å². The van der Waals surface area contributed by atoms with Crippen LogP contribution < -0.4 is 0 Å². The zero-order valence-corrected chi connectivity index (χ0v) is 20.4. The smallest absolute Gasteiger partial charge is 0.193 e. The lowest BCUT2D eigenvalue weighted by Gasteiger charge is -2.46. The number of Topliss-reactive ketones (excluding diaryl/α,β-unsaturated/α-hetero) is 1. The molecular weight excluding hydrogens is 332 g/mol. The first kappa shape index (κ1) is 28.1. The van der Waals surface area contributed by atoms with Gasteiger partial charge in [-0.1, -0.05) is 100 Å². The van der Waals surface area contributed by atoms with E-state index in [4.69, 9.17) is 0 Å². The summed E-state index contributed by atoms with van der Waals surface area (Å²) in [7, 11) is 0. The van der Waals surface area contributed by atoms with Gasteiger partial charge >= 0.3 is 0 Å². The van der Waals surface area contributed by atoms with Crippen LogP contribution in [0.1, 0.15) is 112 Å². The zero-order chi connectivity index (χ0) is 22.3. The number of hydrogen-bond acceptors (Lipinski definition) is 2. The van der Waals surface area contributed by atoms with E-state index in [-0.39, 0.29) is 22.0 Å². The molecule has 1 atom stereocenters. The highest BCUT2D eigenvalue weighted by Gasteiger charge is 2.41. The molecule has 0 heterocycles. The van der Waals surface area contributed by atoms with E-state index in [1.807, 2.05) is 39.8 Å². The van der Waals surface area contributed by atoms with Crippen LogP contribution in [0.2, 0.25) is 0 Å². The van der Waals surface area contributed by atoms with E-state index in [2.05, 4.69) is 60.6 Å². The van der Waals surface area contributed by atoms with E-state index in [1.54, 1.807) is 0 Å². The number of hydrogen-bond donors (Lipinski definition) is 1. The summed E-state index contributed by atoms with van der Waals surface area (Å²) < 4.78 is 0. The molecule has 1 unspecified atom stereocenters. The predicted octanol–water partition coefficient (Wildman–Crippen LogP) is 7.43. The standard InChI is InChI=1S/C21H34O2.2C2H6/c1-18(2,3)14-21(9,19(4,5)6)16-12-10-15(11-13-16)17(22)20(7,8)23;2*1-2/h10-13,23H,14H2,1-9H3;2*1-2H3. The molecule has 0 radical (unpaired) electrons. The van der Waals surface area contributed by atoms with Crippen molar-refractivity contribution in [3.8, 4) is 0 Å². The lowest BCUT2D eigenvalue weighted by molar-refractivity contribution is 0.0488. The summed E-state index contributed by atoms with van der Waals surface area (Å²) in [6, 6.07) is 7.80. The van der Waals surface area contributed by atoms with Gasteiger partial charge in [0.15, 0.2) is 5.78 Å². The molecule has 0 saturated carbocycles. The topological polar surface area (TPSA) is 37.3 Å². The maximum atomic E-state index is 12.2. The molecule has 0 bridgehead atoms. The van der Waals surface area contributed by atoms with Crippen molar-refractivity contribution >= 4 is 5.78 Å². The monoisotopic (exact) mass is 378 g/mol. The molecule has 1 aromatic rings. The fraction of sp³-hybridized carbons (Fsp3) is 0.720. The third kappa shape index (κ3) is 8.17. The predicted molar refractivity (Wildman–Crippen MR) is 121 cm³/mol. The van der Waals surface area contributed by atoms with Gasteiger partial charge in [-0.05, 0) is 42.1 Å². The number of rotatable bonds is 4. The Balaban J connectivity index is 0. The summed E-state index contributed by atoms with van der Waals surface area (Å²) in [5.41, 5.74) is 0.786. The Kier molecular flexibility index (Phi) is 10.8. The number of benzene rings is 1. The maximum Gasteiger partial charge on any atom is 0.193 e. The van der Waals surface area contributed by atoms with Gasteiger partial charge in [0.1, 0.15) is 5.60 Å². The van der Waals surface area contributed by atoms with Crippen LogP contribution in [0.5, 0.6) is 0 Å². The van der Waals surface area contributed by atoms with Crippen LogP contribution in [0.4, 0.5) is 0 Å². The number of carbonyl (C=O) groups is 1. The Labute approximate surface area is 169 Å². The molecule has 0 aliphatic heterocycles. The second kappa shape index (κ2) is 10.4. The van der Waals surface area contributed by atoms with Crippen molar-refractivity contribution in [2.75, 3.05) is 0 Å². The van der Waals surface area contributed by atoms with Gasteiger partial charge in [-0.25, -0.2) is 0 Å². The highest BCUT2D eigenvalue weighted by molar-refractivity contribution is 6.01. The van der Waals surface area contributed by atoms with Gasteiger partial charge in [-0.15, -0.1) is 0 Å². The third-order valence-corrected chi connectivity index (χ3v) is 4.88. The first-order valence-corrected chi connectivity index (χ1v) is 10.5. The molecule has 1 rings (SSSR count). The van der Waals surface area contributed by atoms with Crippen molar-refractivity contribution in [3.63, 3.8) is 0 Å². The number of ketones is 1. The molecule has 0 aliphatic carbocycles. The van der Waals surface area contributed by atoms with Gasteiger partial charge in [0.25, 0.3) is 0 Å². The molecule has 0 spiro atoms. The molecule has 27 heavy (non-hydrogen) atoms. The number of aliphatic hydroxyl groups is 1. The van der Waals surface area contributed by atoms with E-state index in [9.17, 15) is 9.90 Å². The van der Waals surface area contributed by atoms with Crippen LogP contribution in [0.15, 0.2) is 24.3 Å². The fourth-order valence-corrected chi connectivity index (χ4v) is 3.20. The Morgan fingerprint density at radius 3 is 1.41 bits per heavy atom. The van der Waals surface area contributed by atoms with Crippen LogP contribution >= 0.6 is 0 Å². The Bertz CT molecular complexity index is 548. The first-order chi connectivity index (χ1) is 12.1. The van der Waals surface area contributed by atoms with Gasteiger partial charge in [0.05, 0.1) is 0 Å². The van der Waals surface area contributed by atoms with Crippen molar-refractivity contribution in [2.45, 2.75) is 107 Å². The van der Waals surface area contributed by atoms with Crippen LogP contribution in [-0.4, -0.2) is 16.5 Å². The van der Waals surface area contributed by atoms with E-state index in [0.29, 0.717) is 5.56 Å². The fourth-order valence-electron chi connectivity index (χ4n) is 3.20. The molecule has 0 fully saturated rings. The maximum absolute atomic E-state index is 12.2. The minimum Gasteiger partial charge on any atom is -0.382 e. The second-order valence-electron chi connectivity index (χ2n) is 9.79. The summed E-state index contributed by atoms with van der Waals surface area (Å²) in [4.78, 5) is 12.2. The Morgan fingerprint density at radius 1 is 0.778 bits per heavy atom. The largest absolute Gasteiger partial charge is 0.382 e. The average molecular weight is 379 g/mol. The molecule has 1 N–H and O–H groups in total. The lowest BCUT2D eigenvalue weighted by atomic mass is 9.58. The molecule has 0 saturated heterocycles. The van der Waals surface area contributed by atoms with E-state index in [1.165, 1.54) is 19.4 Å². The minimum atomic E-state index is -1.33. The summed E-state index contributed by atoms with van der Waals surface area (Å²) in [6.45, 7) is 27.0. The van der Waals surface area contributed by atoms with Crippen LogP contribution in [-0.2, 0) is 5.41 Å². The minimum absolute atomic E-state index is 0.00155. The van der Waals surface area contributed by atoms with Gasteiger partial charge in [0, 0.05) is 5.56 Å². The third-order valence-electron chi connectivity index (χ3n) is 4.88. The highest BCUT2D eigenvalue weighted by atomic mass is 16.3. The van der Waals surface area contributed by atoms with Crippen molar-refractivity contribution in [2.24, 2.45) is 10.8 Å². The van der Waals surface area contributed by atoms with Crippen molar-refractivity contribution in [1.29, 1.82) is 0 Å². The Hall–Kier alpha value is -1.15. The molecule has 0 amide bonds. The lowest BCUT2D eigenvalue weighted by Crippen LogP contribution is -2.40. The SMILES string of the molecule is CC.CC.CC(C)(C)CC(C)(c1ccc(C(=O)C(C)(C)O)cc1)C(C)(C)C. The summed E-state index contributed by atoms with van der Waals surface area (Å²) in [5, 5.41) is 9.90. The van der Waals surface area contributed by atoms with Crippen LogP contribution in [0.25, 0.3) is 0 Å². The second-order valence-corrected chi connectivity index (χ2v) is 9.79. The summed E-state index contributed by atoms with van der Waals surface area (Å²) in [6.07, 6.45) is 1.06. The molecule has 0 aliphatic rings. The van der Waals surface area contributed by atoms with E-state index < -0.39 is 5.60 Å². The average Bonchev–Trinajstić information content (AvgIpc) is 2.54. The zero-order valence-electron chi connectivity index (χ0n) is 20.4. The van der Waals surface area contributed by atoms with E-state index in [0.717, 1.165) is 6.42 Å². The molecule has 0 aromatic heterocycles. The molecular formula is C25H46O2. The first-order valence-electron chi connectivity index (χ1n) is 10.5. The van der Waals surface area contributed by atoms with Gasteiger partial charge in [-0.3, -0.25) is 4.79 Å². The van der Waals surface area contributed by atoms with Crippen LogP contribution in [0.3, 0.4) is 0 Å². The molecule has 2 heteroatoms. The number of carbonyl (C=O) groups excluding carboxylic acids is 1. The van der Waals surface area contributed by atoms with Crippen molar-refractivity contribution in [3.05, 3.63) is 35.4 Å². The van der Waals surface area contributed by atoms with E-state index >= 15 is 0 Å². The molecule has 1 aromatic carbocycles. The van der Waals surface area contributed by atoms with Gasteiger partial charge < -0.3 is 5.11 Å². The quantitative estimate of drug-likeness (QED) is 0.553. The normalized spacial score (nSPS) is 14.1. The van der Waals surface area contributed by atoms with Gasteiger partial charge in [0.2, 0.25) is 0 Å². The summed E-state index contributed by atoms with van der Waals surface area (Å²) >= 11 is 0. The highest BCUT2D eigenvalue weighted by Crippen LogP contribution is 2.48. The van der Waals surface area contributed by atoms with Crippen molar-refractivity contribution in [1.82, 2.24) is 0 Å².